The van der Waals surface area contributed by atoms with Crippen molar-refractivity contribution in [1.29, 1.82) is 0 Å². The predicted octanol–water partition coefficient (Wildman–Crippen LogP) is 0.704. The first-order chi connectivity index (χ1) is 9.04. The number of carboxylic acid groups (broad SMARTS) is 1. The zero-order valence-electron chi connectivity index (χ0n) is 10.9. The van der Waals surface area contributed by atoms with Crippen LogP contribution in [0.1, 0.15) is 25.7 Å². The van der Waals surface area contributed by atoms with Gasteiger partial charge in [-0.2, -0.15) is 0 Å². The number of hydrogen-bond donors (Lipinski definition) is 4. The van der Waals surface area contributed by atoms with Crippen LogP contribution in [0.15, 0.2) is 24.3 Å². The molecule has 1 aliphatic carbocycles. The standard InChI is InChI=1S/C14H22O5/c15-7-3-1-2-4-10-8-11(16)9-12(10)13(17)5-6-14(18)19/h2,4-6,10-13,15-17H,1,3,7-9H2,(H,18,19)/b4-2+,6-5+/t10-,11+,12+,13-/m1/s1. The van der Waals surface area contributed by atoms with Crippen molar-refractivity contribution in [2.24, 2.45) is 11.8 Å². The number of unbranched alkanes of at least 4 members (excludes halogenated alkanes) is 1. The molecule has 0 aromatic carbocycles. The molecule has 1 aliphatic rings. The first-order valence-corrected chi connectivity index (χ1v) is 6.59. The van der Waals surface area contributed by atoms with E-state index in [0.717, 1.165) is 12.5 Å². The molecule has 1 saturated carbocycles. The quantitative estimate of drug-likeness (QED) is 0.310. The van der Waals surface area contributed by atoms with E-state index < -0.39 is 18.2 Å². The average Bonchev–Trinajstić information content (AvgIpc) is 2.73. The SMILES string of the molecule is O=C(O)/C=C/[C@@H](O)[C@H]1C[C@@H](O)C[C@H]1/C=C/CCCO. The molecule has 0 radical (unpaired) electrons. The minimum absolute atomic E-state index is 0.0436. The first-order valence-electron chi connectivity index (χ1n) is 6.59. The van der Waals surface area contributed by atoms with Crippen LogP contribution in [0.2, 0.25) is 0 Å². The maximum absolute atomic E-state index is 10.4. The van der Waals surface area contributed by atoms with Gasteiger partial charge in [-0.1, -0.05) is 12.2 Å². The van der Waals surface area contributed by atoms with Crippen LogP contribution >= 0.6 is 0 Å². The molecule has 108 valence electrons. The number of rotatable bonds is 7. The number of aliphatic hydroxyl groups is 3. The zero-order chi connectivity index (χ0) is 14.3. The van der Waals surface area contributed by atoms with E-state index in [2.05, 4.69) is 0 Å². The lowest BCUT2D eigenvalue weighted by atomic mass is 9.90. The van der Waals surface area contributed by atoms with Gasteiger partial charge < -0.3 is 20.4 Å². The van der Waals surface area contributed by atoms with Crippen molar-refractivity contribution < 1.29 is 25.2 Å². The van der Waals surface area contributed by atoms with Gasteiger partial charge in [0.1, 0.15) is 0 Å². The van der Waals surface area contributed by atoms with Crippen LogP contribution in [0.4, 0.5) is 0 Å². The van der Waals surface area contributed by atoms with Crippen LogP contribution in [0, 0.1) is 11.8 Å². The Balaban J connectivity index is 2.58. The Morgan fingerprint density at radius 3 is 2.74 bits per heavy atom. The van der Waals surface area contributed by atoms with E-state index in [9.17, 15) is 15.0 Å². The van der Waals surface area contributed by atoms with Crippen LogP contribution < -0.4 is 0 Å². The van der Waals surface area contributed by atoms with Crippen molar-refractivity contribution in [1.82, 2.24) is 0 Å². The molecule has 1 fully saturated rings. The minimum Gasteiger partial charge on any atom is -0.478 e. The molecule has 0 spiro atoms. The number of aliphatic carboxylic acids is 1. The molecule has 4 atom stereocenters. The highest BCUT2D eigenvalue weighted by Gasteiger charge is 2.35. The Morgan fingerprint density at radius 1 is 1.37 bits per heavy atom. The molecule has 4 N–H and O–H groups in total. The molecule has 1 rings (SSSR count). The second kappa shape index (κ2) is 8.09. The van der Waals surface area contributed by atoms with Crippen LogP contribution in [-0.2, 0) is 4.79 Å². The van der Waals surface area contributed by atoms with Crippen LogP contribution in [0.3, 0.4) is 0 Å². The Bertz CT molecular complexity index is 337. The Kier molecular flexibility index (Phi) is 6.77. The summed E-state index contributed by atoms with van der Waals surface area (Å²) in [5.41, 5.74) is 0. The average molecular weight is 270 g/mol. The lowest BCUT2D eigenvalue weighted by Gasteiger charge is -2.19. The summed E-state index contributed by atoms with van der Waals surface area (Å²) in [4.78, 5) is 10.4. The molecule has 0 aliphatic heterocycles. The highest BCUT2D eigenvalue weighted by molar-refractivity contribution is 5.79. The summed E-state index contributed by atoms with van der Waals surface area (Å²) in [7, 11) is 0. The molecule has 19 heavy (non-hydrogen) atoms. The van der Waals surface area contributed by atoms with Gasteiger partial charge >= 0.3 is 5.97 Å². The summed E-state index contributed by atoms with van der Waals surface area (Å²) in [6, 6.07) is 0. The third kappa shape index (κ3) is 5.55. The minimum atomic E-state index is -1.09. The maximum atomic E-state index is 10.4. The van der Waals surface area contributed by atoms with E-state index in [1.165, 1.54) is 6.08 Å². The van der Waals surface area contributed by atoms with Gasteiger partial charge in [0.15, 0.2) is 0 Å². The third-order valence-corrected chi connectivity index (χ3v) is 3.43. The van der Waals surface area contributed by atoms with Gasteiger partial charge in [0.05, 0.1) is 12.2 Å². The number of aliphatic hydroxyl groups excluding tert-OH is 3. The van der Waals surface area contributed by atoms with Gasteiger partial charge in [0.25, 0.3) is 0 Å². The fourth-order valence-electron chi connectivity index (χ4n) is 2.49. The summed E-state index contributed by atoms with van der Waals surface area (Å²) >= 11 is 0. The van der Waals surface area contributed by atoms with E-state index >= 15 is 0 Å². The Hall–Kier alpha value is -1.17. The van der Waals surface area contributed by atoms with Crippen molar-refractivity contribution in [3.63, 3.8) is 0 Å². The van der Waals surface area contributed by atoms with Gasteiger partial charge in [-0.25, -0.2) is 4.79 Å². The van der Waals surface area contributed by atoms with E-state index in [1.54, 1.807) is 0 Å². The zero-order valence-corrected chi connectivity index (χ0v) is 10.9. The number of allylic oxidation sites excluding steroid dienone is 2. The highest BCUT2D eigenvalue weighted by atomic mass is 16.4. The molecule has 0 unspecified atom stereocenters. The number of hydrogen-bond acceptors (Lipinski definition) is 4. The summed E-state index contributed by atoms with van der Waals surface area (Å²) in [5, 5.41) is 36.8. The monoisotopic (exact) mass is 270 g/mol. The molecule has 0 aromatic heterocycles. The molecular weight excluding hydrogens is 248 g/mol. The normalized spacial score (nSPS) is 29.3. The first kappa shape index (κ1) is 15.9. The van der Waals surface area contributed by atoms with Crippen LogP contribution in [-0.4, -0.2) is 45.2 Å². The Labute approximate surface area is 112 Å². The summed E-state index contributed by atoms with van der Waals surface area (Å²) in [6.07, 6.45) is 7.29. The molecule has 5 heteroatoms. The molecular formula is C14H22O5. The maximum Gasteiger partial charge on any atom is 0.328 e. The summed E-state index contributed by atoms with van der Waals surface area (Å²) in [6.45, 7) is 0.144. The van der Waals surface area contributed by atoms with Crippen molar-refractivity contribution >= 4 is 5.97 Å². The second-order valence-electron chi connectivity index (χ2n) is 4.93. The molecule has 0 aromatic rings. The predicted molar refractivity (Wildman–Crippen MR) is 70.5 cm³/mol. The Morgan fingerprint density at radius 2 is 2.11 bits per heavy atom. The van der Waals surface area contributed by atoms with Crippen molar-refractivity contribution in [3.05, 3.63) is 24.3 Å². The lowest BCUT2D eigenvalue weighted by molar-refractivity contribution is -0.131. The molecule has 5 nitrogen and oxygen atoms in total. The largest absolute Gasteiger partial charge is 0.478 e. The van der Waals surface area contributed by atoms with Gasteiger partial charge in [-0.15, -0.1) is 0 Å². The van der Waals surface area contributed by atoms with E-state index in [-0.39, 0.29) is 18.4 Å². The smallest absolute Gasteiger partial charge is 0.328 e. The van der Waals surface area contributed by atoms with Gasteiger partial charge in [-0.3, -0.25) is 0 Å². The molecule has 0 saturated heterocycles. The fraction of sp³-hybridized carbons (Fsp3) is 0.643. The van der Waals surface area contributed by atoms with E-state index in [4.69, 9.17) is 10.2 Å². The van der Waals surface area contributed by atoms with Crippen LogP contribution in [0.25, 0.3) is 0 Å². The molecule has 0 amide bonds. The van der Waals surface area contributed by atoms with E-state index in [0.29, 0.717) is 19.3 Å². The third-order valence-electron chi connectivity index (χ3n) is 3.43. The fourth-order valence-corrected chi connectivity index (χ4v) is 2.49. The number of carboxylic acids is 1. The summed E-state index contributed by atoms with van der Waals surface area (Å²) in [5.74, 6) is -1.20. The second-order valence-corrected chi connectivity index (χ2v) is 4.93. The van der Waals surface area contributed by atoms with Crippen molar-refractivity contribution in [2.75, 3.05) is 6.61 Å². The van der Waals surface area contributed by atoms with Crippen LogP contribution in [0.5, 0.6) is 0 Å². The highest BCUT2D eigenvalue weighted by Crippen LogP contribution is 2.36. The van der Waals surface area contributed by atoms with Crippen molar-refractivity contribution in [2.45, 2.75) is 37.9 Å². The van der Waals surface area contributed by atoms with Gasteiger partial charge in [0.2, 0.25) is 0 Å². The van der Waals surface area contributed by atoms with Crippen molar-refractivity contribution in [3.8, 4) is 0 Å². The van der Waals surface area contributed by atoms with E-state index in [1.807, 2.05) is 12.2 Å². The number of carbonyl (C=O) groups is 1. The topological polar surface area (TPSA) is 98.0 Å². The summed E-state index contributed by atoms with van der Waals surface area (Å²) < 4.78 is 0. The molecule has 0 bridgehead atoms. The van der Waals surface area contributed by atoms with Gasteiger partial charge in [0, 0.05) is 12.7 Å². The molecule has 0 heterocycles. The van der Waals surface area contributed by atoms with Gasteiger partial charge in [-0.05, 0) is 43.6 Å². The lowest BCUT2D eigenvalue weighted by Crippen LogP contribution is -2.21.